The van der Waals surface area contributed by atoms with Gasteiger partial charge in [-0.05, 0) is 87.4 Å². The lowest BCUT2D eigenvalue weighted by Crippen LogP contribution is -2.34. The molecule has 0 N–H and O–H groups in total. The second-order valence-electron chi connectivity index (χ2n) is 12.4. The van der Waals surface area contributed by atoms with Gasteiger partial charge in [0, 0.05) is 0 Å². The molecule has 2 unspecified atom stereocenters. The first-order chi connectivity index (χ1) is 15.7. The smallest absolute Gasteiger partial charge is 0.0689 e. The molecule has 0 heterocycles. The van der Waals surface area contributed by atoms with Crippen molar-refractivity contribution in [3.63, 3.8) is 0 Å². The molecule has 3 aliphatic rings. The van der Waals surface area contributed by atoms with Crippen LogP contribution < -0.4 is 0 Å². The first-order valence-corrected chi connectivity index (χ1v) is 15.1. The Bertz CT molecular complexity index is 531. The Balaban J connectivity index is 1.36. The van der Waals surface area contributed by atoms with Crippen LogP contribution in [0.1, 0.15) is 155 Å². The quantitative estimate of drug-likeness (QED) is 0.276. The molecule has 0 radical (unpaired) electrons. The van der Waals surface area contributed by atoms with Crippen LogP contribution in [0.4, 0.5) is 0 Å². The number of hydrogen-bond acceptors (Lipinski definition) is 1. The van der Waals surface area contributed by atoms with Crippen molar-refractivity contribution in [1.29, 1.82) is 5.26 Å². The van der Waals surface area contributed by atoms with E-state index in [0.29, 0.717) is 0 Å². The fraction of sp³-hybridized carbons (Fsp3) is 0.968. The van der Waals surface area contributed by atoms with Crippen LogP contribution >= 0.6 is 0 Å². The standard InChI is InChI=1S/C31H55N/c1-3-5-7-8-9-12-26-14-16-27(17-15-26)28-18-20-29(21-19-28)30-13-11-23-31(24-30,25-32)22-10-6-4-2/h26-30H,3-24H2,1-2H3/t26-,27-,28-,29-,30?,31?. The van der Waals surface area contributed by atoms with Crippen molar-refractivity contribution in [3.8, 4) is 6.07 Å². The van der Waals surface area contributed by atoms with Gasteiger partial charge in [-0.25, -0.2) is 0 Å². The second kappa shape index (κ2) is 14.0. The Labute approximate surface area is 201 Å². The zero-order valence-corrected chi connectivity index (χ0v) is 21.9. The molecular formula is C31H55N. The molecule has 32 heavy (non-hydrogen) atoms. The number of rotatable bonds is 12. The van der Waals surface area contributed by atoms with Crippen LogP contribution in [0, 0.1) is 46.3 Å². The Morgan fingerprint density at radius 2 is 1.22 bits per heavy atom. The normalized spacial score (nSPS) is 36.0. The largest absolute Gasteiger partial charge is 0.198 e. The monoisotopic (exact) mass is 441 g/mol. The molecule has 0 bridgehead atoms. The summed E-state index contributed by atoms with van der Waals surface area (Å²) in [5.74, 6) is 4.93. The summed E-state index contributed by atoms with van der Waals surface area (Å²) in [4.78, 5) is 0. The number of hydrogen-bond donors (Lipinski definition) is 0. The van der Waals surface area contributed by atoms with Crippen molar-refractivity contribution >= 4 is 0 Å². The number of nitriles is 1. The van der Waals surface area contributed by atoms with Crippen molar-refractivity contribution in [2.75, 3.05) is 0 Å². The first-order valence-electron chi connectivity index (χ1n) is 15.1. The van der Waals surface area contributed by atoms with Crippen molar-refractivity contribution in [2.45, 2.75) is 155 Å². The van der Waals surface area contributed by atoms with Crippen LogP contribution in [0.25, 0.3) is 0 Å². The van der Waals surface area contributed by atoms with Crippen LogP contribution in [-0.4, -0.2) is 0 Å². The molecule has 0 aromatic rings. The average Bonchev–Trinajstić information content (AvgIpc) is 2.85. The van der Waals surface area contributed by atoms with Crippen LogP contribution in [0.3, 0.4) is 0 Å². The van der Waals surface area contributed by atoms with Gasteiger partial charge in [-0.15, -0.1) is 0 Å². The van der Waals surface area contributed by atoms with Gasteiger partial charge in [0.15, 0.2) is 0 Å². The zero-order valence-electron chi connectivity index (χ0n) is 21.9. The van der Waals surface area contributed by atoms with Crippen LogP contribution in [0.2, 0.25) is 0 Å². The highest BCUT2D eigenvalue weighted by Gasteiger charge is 2.40. The Hall–Kier alpha value is -0.510. The maximum Gasteiger partial charge on any atom is 0.0689 e. The molecule has 3 saturated carbocycles. The van der Waals surface area contributed by atoms with E-state index in [-0.39, 0.29) is 5.41 Å². The van der Waals surface area contributed by atoms with Gasteiger partial charge in [-0.3, -0.25) is 0 Å². The van der Waals surface area contributed by atoms with E-state index in [9.17, 15) is 5.26 Å². The molecule has 3 aliphatic carbocycles. The predicted octanol–water partition coefficient (Wildman–Crippen LogP) is 10.2. The summed E-state index contributed by atoms with van der Waals surface area (Å²) >= 11 is 0. The van der Waals surface area contributed by atoms with E-state index in [1.54, 1.807) is 0 Å². The van der Waals surface area contributed by atoms with Gasteiger partial charge in [0.25, 0.3) is 0 Å². The minimum Gasteiger partial charge on any atom is -0.198 e. The van der Waals surface area contributed by atoms with Crippen LogP contribution in [0.15, 0.2) is 0 Å². The third-order valence-electron chi connectivity index (χ3n) is 10.1. The minimum atomic E-state index is 0.0316. The maximum atomic E-state index is 10.0. The molecule has 3 fully saturated rings. The van der Waals surface area contributed by atoms with Crippen molar-refractivity contribution < 1.29 is 0 Å². The molecule has 0 aliphatic heterocycles. The van der Waals surface area contributed by atoms with Gasteiger partial charge in [-0.1, -0.05) is 97.3 Å². The Morgan fingerprint density at radius 3 is 1.84 bits per heavy atom. The Morgan fingerprint density at radius 1 is 0.656 bits per heavy atom. The van der Waals surface area contributed by atoms with E-state index in [1.807, 2.05) is 0 Å². The number of nitrogens with zero attached hydrogens (tertiary/aromatic N) is 1. The summed E-state index contributed by atoms with van der Waals surface area (Å²) in [5, 5.41) is 10.0. The SMILES string of the molecule is CCCCCCC[C@H]1CC[C@H]([C@H]2CC[C@H](C3CCCC(C#N)(CCCCC)C3)CC2)CC1. The third kappa shape index (κ3) is 7.77. The van der Waals surface area contributed by atoms with Gasteiger partial charge in [0.05, 0.1) is 11.5 Å². The lowest BCUT2D eigenvalue weighted by molar-refractivity contribution is 0.0813. The van der Waals surface area contributed by atoms with Crippen molar-refractivity contribution in [3.05, 3.63) is 0 Å². The molecule has 0 amide bonds. The highest BCUT2D eigenvalue weighted by molar-refractivity contribution is 5.03. The van der Waals surface area contributed by atoms with E-state index in [4.69, 9.17) is 0 Å². The van der Waals surface area contributed by atoms with Crippen molar-refractivity contribution in [2.24, 2.45) is 35.0 Å². The summed E-state index contributed by atoms with van der Waals surface area (Å²) in [6, 6.07) is 2.83. The fourth-order valence-corrected chi connectivity index (χ4v) is 7.98. The van der Waals surface area contributed by atoms with Gasteiger partial charge >= 0.3 is 0 Å². The lowest BCUT2D eigenvalue weighted by Gasteiger charge is -2.43. The number of unbranched alkanes of at least 4 members (excludes halogenated alkanes) is 6. The van der Waals surface area contributed by atoms with Gasteiger partial charge in [0.2, 0.25) is 0 Å². The molecule has 2 atom stereocenters. The molecule has 0 saturated heterocycles. The summed E-state index contributed by atoms with van der Waals surface area (Å²) < 4.78 is 0. The molecule has 1 nitrogen and oxygen atoms in total. The second-order valence-corrected chi connectivity index (χ2v) is 12.4. The molecule has 0 spiro atoms. The topological polar surface area (TPSA) is 23.8 Å². The van der Waals surface area contributed by atoms with E-state index >= 15 is 0 Å². The zero-order chi connectivity index (χ0) is 22.7. The molecule has 1 heteroatoms. The Kier molecular flexibility index (Phi) is 11.4. The molecule has 184 valence electrons. The molecular weight excluding hydrogens is 386 g/mol. The summed E-state index contributed by atoms with van der Waals surface area (Å²) in [6.45, 7) is 4.60. The lowest BCUT2D eigenvalue weighted by atomic mass is 9.61. The fourth-order valence-electron chi connectivity index (χ4n) is 7.98. The van der Waals surface area contributed by atoms with Crippen LogP contribution in [-0.2, 0) is 0 Å². The van der Waals surface area contributed by atoms with E-state index in [0.717, 1.165) is 29.6 Å². The first kappa shape index (κ1) is 26.1. The van der Waals surface area contributed by atoms with E-state index < -0.39 is 0 Å². The van der Waals surface area contributed by atoms with E-state index in [2.05, 4.69) is 19.9 Å². The average molecular weight is 442 g/mol. The van der Waals surface area contributed by atoms with E-state index in [1.165, 1.54) is 141 Å². The molecule has 3 rings (SSSR count). The van der Waals surface area contributed by atoms with Crippen molar-refractivity contribution in [1.82, 2.24) is 0 Å². The van der Waals surface area contributed by atoms with Crippen LogP contribution in [0.5, 0.6) is 0 Å². The minimum absolute atomic E-state index is 0.0316. The molecule has 0 aromatic heterocycles. The summed E-state index contributed by atoms with van der Waals surface area (Å²) in [5.41, 5.74) is 0.0316. The summed E-state index contributed by atoms with van der Waals surface area (Å²) in [6.07, 6.45) is 31.0. The highest BCUT2D eigenvalue weighted by atomic mass is 14.5. The highest BCUT2D eigenvalue weighted by Crippen LogP contribution is 2.50. The van der Waals surface area contributed by atoms with Gasteiger partial charge in [0.1, 0.15) is 0 Å². The summed E-state index contributed by atoms with van der Waals surface area (Å²) in [7, 11) is 0. The molecule has 0 aromatic carbocycles. The predicted molar refractivity (Wildman–Crippen MR) is 138 cm³/mol. The van der Waals surface area contributed by atoms with Gasteiger partial charge < -0.3 is 0 Å². The third-order valence-corrected chi connectivity index (χ3v) is 10.1. The van der Waals surface area contributed by atoms with Gasteiger partial charge in [-0.2, -0.15) is 5.26 Å². The maximum absolute atomic E-state index is 10.0.